The van der Waals surface area contributed by atoms with E-state index in [0.717, 1.165) is 0 Å². The number of benzene rings is 1. The van der Waals surface area contributed by atoms with Gasteiger partial charge in [-0.25, -0.2) is 9.37 Å². The Kier molecular flexibility index (Phi) is 2.64. The van der Waals surface area contributed by atoms with Crippen molar-refractivity contribution in [3.8, 4) is 11.3 Å². The molecule has 15 heavy (non-hydrogen) atoms. The second-order valence-electron chi connectivity index (χ2n) is 3.11. The van der Waals surface area contributed by atoms with Gasteiger partial charge in [-0.2, -0.15) is 0 Å². The van der Waals surface area contributed by atoms with E-state index in [2.05, 4.69) is 9.97 Å². The van der Waals surface area contributed by atoms with E-state index in [1.807, 2.05) is 0 Å². The van der Waals surface area contributed by atoms with Crippen molar-refractivity contribution >= 4 is 11.6 Å². The number of hydrogen-bond donors (Lipinski definition) is 0. The molecule has 2 aromatic rings. The highest BCUT2D eigenvalue weighted by molar-refractivity contribution is 6.31. The molecule has 1 aromatic heterocycles. The summed E-state index contributed by atoms with van der Waals surface area (Å²) in [6.07, 6.45) is 3.03. The molecule has 0 saturated heterocycles. The molecular formula is C11H8ClFN2. The van der Waals surface area contributed by atoms with E-state index in [4.69, 9.17) is 11.6 Å². The van der Waals surface area contributed by atoms with E-state index in [0.29, 0.717) is 16.8 Å². The first kappa shape index (κ1) is 10.1. The number of rotatable bonds is 1. The lowest BCUT2D eigenvalue weighted by molar-refractivity contribution is 0.619. The van der Waals surface area contributed by atoms with Gasteiger partial charge >= 0.3 is 0 Å². The molecule has 0 aliphatic carbocycles. The van der Waals surface area contributed by atoms with Crippen molar-refractivity contribution in [1.29, 1.82) is 0 Å². The van der Waals surface area contributed by atoms with Gasteiger partial charge in [0.15, 0.2) is 5.15 Å². The maximum atomic E-state index is 13.3. The summed E-state index contributed by atoms with van der Waals surface area (Å²) in [5, 5.41) is 0.284. The average molecular weight is 223 g/mol. The van der Waals surface area contributed by atoms with Crippen molar-refractivity contribution in [2.45, 2.75) is 6.92 Å². The van der Waals surface area contributed by atoms with E-state index in [9.17, 15) is 4.39 Å². The summed E-state index contributed by atoms with van der Waals surface area (Å²) in [6, 6.07) is 4.81. The summed E-state index contributed by atoms with van der Waals surface area (Å²) >= 11 is 5.89. The maximum Gasteiger partial charge on any atom is 0.155 e. The number of halogens is 2. The molecule has 0 aliphatic heterocycles. The Morgan fingerprint density at radius 3 is 2.67 bits per heavy atom. The molecule has 0 fully saturated rings. The van der Waals surface area contributed by atoms with Gasteiger partial charge in [-0.1, -0.05) is 23.7 Å². The van der Waals surface area contributed by atoms with Crippen molar-refractivity contribution in [3.63, 3.8) is 0 Å². The van der Waals surface area contributed by atoms with E-state index in [1.165, 1.54) is 18.5 Å². The lowest BCUT2D eigenvalue weighted by atomic mass is 10.1. The molecule has 0 aliphatic rings. The Labute approximate surface area is 91.8 Å². The second-order valence-corrected chi connectivity index (χ2v) is 3.47. The van der Waals surface area contributed by atoms with Crippen LogP contribution < -0.4 is 0 Å². The first-order valence-corrected chi connectivity index (χ1v) is 4.80. The molecule has 0 N–H and O–H groups in total. The third kappa shape index (κ3) is 1.83. The lowest BCUT2D eigenvalue weighted by Gasteiger charge is -2.06. The average Bonchev–Trinajstić information content (AvgIpc) is 2.23. The third-order valence-electron chi connectivity index (χ3n) is 2.18. The van der Waals surface area contributed by atoms with Crippen LogP contribution in [-0.4, -0.2) is 9.97 Å². The van der Waals surface area contributed by atoms with Crippen LogP contribution in [0.15, 0.2) is 30.6 Å². The minimum Gasteiger partial charge on any atom is -0.251 e. The molecule has 4 heteroatoms. The quantitative estimate of drug-likeness (QED) is 0.740. The van der Waals surface area contributed by atoms with Gasteiger partial charge < -0.3 is 0 Å². The standard InChI is InChI=1S/C11H8ClFN2/c1-7-8(3-2-4-9(7)13)10-11(12)15-6-5-14-10/h2-6H,1H3. The van der Waals surface area contributed by atoms with Gasteiger partial charge in [0.25, 0.3) is 0 Å². The van der Waals surface area contributed by atoms with Crippen molar-refractivity contribution in [1.82, 2.24) is 9.97 Å². The summed E-state index contributed by atoms with van der Waals surface area (Å²) < 4.78 is 13.3. The zero-order valence-corrected chi connectivity index (χ0v) is 8.79. The van der Waals surface area contributed by atoms with Crippen LogP contribution in [0.4, 0.5) is 4.39 Å². The highest BCUT2D eigenvalue weighted by atomic mass is 35.5. The maximum absolute atomic E-state index is 13.3. The van der Waals surface area contributed by atoms with Crippen LogP contribution in [0.2, 0.25) is 5.15 Å². The van der Waals surface area contributed by atoms with E-state index in [-0.39, 0.29) is 11.0 Å². The fourth-order valence-corrected chi connectivity index (χ4v) is 1.57. The van der Waals surface area contributed by atoms with Gasteiger partial charge in [0.05, 0.1) is 0 Å². The van der Waals surface area contributed by atoms with Gasteiger partial charge in [-0.3, -0.25) is 4.98 Å². The molecular weight excluding hydrogens is 215 g/mol. The van der Waals surface area contributed by atoms with Gasteiger partial charge in [-0.15, -0.1) is 0 Å². The summed E-state index contributed by atoms with van der Waals surface area (Å²) in [7, 11) is 0. The first-order valence-electron chi connectivity index (χ1n) is 4.42. The Hall–Kier alpha value is -1.48. The fraction of sp³-hybridized carbons (Fsp3) is 0.0909. The van der Waals surface area contributed by atoms with Gasteiger partial charge in [-0.05, 0) is 18.6 Å². The molecule has 1 heterocycles. The number of nitrogens with zero attached hydrogens (tertiary/aromatic N) is 2. The number of aromatic nitrogens is 2. The molecule has 76 valence electrons. The molecule has 0 atom stereocenters. The predicted octanol–water partition coefficient (Wildman–Crippen LogP) is 3.24. The zero-order chi connectivity index (χ0) is 10.8. The minimum atomic E-state index is -0.269. The SMILES string of the molecule is Cc1c(F)cccc1-c1nccnc1Cl. The fourth-order valence-electron chi connectivity index (χ4n) is 1.37. The Morgan fingerprint density at radius 2 is 1.93 bits per heavy atom. The second kappa shape index (κ2) is 3.95. The molecule has 0 unspecified atom stereocenters. The Balaban J connectivity index is 2.65. The van der Waals surface area contributed by atoms with Crippen LogP contribution in [0, 0.1) is 12.7 Å². The van der Waals surface area contributed by atoms with Crippen molar-refractivity contribution in [3.05, 3.63) is 47.1 Å². The van der Waals surface area contributed by atoms with E-state index in [1.54, 1.807) is 19.1 Å². The minimum absolute atomic E-state index is 0.269. The van der Waals surface area contributed by atoms with Crippen molar-refractivity contribution in [2.24, 2.45) is 0 Å². The molecule has 0 radical (unpaired) electrons. The molecule has 1 aromatic carbocycles. The largest absolute Gasteiger partial charge is 0.251 e. The predicted molar refractivity (Wildman–Crippen MR) is 57.2 cm³/mol. The van der Waals surface area contributed by atoms with Crippen LogP contribution in [0.3, 0.4) is 0 Å². The highest BCUT2D eigenvalue weighted by Gasteiger charge is 2.10. The van der Waals surface area contributed by atoms with Crippen molar-refractivity contribution < 1.29 is 4.39 Å². The lowest BCUT2D eigenvalue weighted by Crippen LogP contribution is -1.92. The normalized spacial score (nSPS) is 10.3. The monoisotopic (exact) mass is 222 g/mol. The smallest absolute Gasteiger partial charge is 0.155 e. The van der Waals surface area contributed by atoms with Crippen LogP contribution >= 0.6 is 11.6 Å². The number of hydrogen-bond acceptors (Lipinski definition) is 2. The molecule has 0 spiro atoms. The summed E-state index contributed by atoms with van der Waals surface area (Å²) in [4.78, 5) is 8.00. The van der Waals surface area contributed by atoms with Crippen LogP contribution in [0.1, 0.15) is 5.56 Å². The zero-order valence-electron chi connectivity index (χ0n) is 8.04. The van der Waals surface area contributed by atoms with E-state index >= 15 is 0 Å². The van der Waals surface area contributed by atoms with Crippen LogP contribution in [0.25, 0.3) is 11.3 Å². The first-order chi connectivity index (χ1) is 7.20. The molecule has 2 rings (SSSR count). The van der Waals surface area contributed by atoms with Gasteiger partial charge in [0, 0.05) is 18.0 Å². The summed E-state index contributed by atoms with van der Waals surface area (Å²) in [5.41, 5.74) is 1.71. The summed E-state index contributed by atoms with van der Waals surface area (Å²) in [5.74, 6) is -0.269. The Bertz CT molecular complexity index is 500. The Morgan fingerprint density at radius 1 is 1.20 bits per heavy atom. The van der Waals surface area contributed by atoms with Crippen LogP contribution in [-0.2, 0) is 0 Å². The molecule has 0 bridgehead atoms. The van der Waals surface area contributed by atoms with Gasteiger partial charge in [0.2, 0.25) is 0 Å². The van der Waals surface area contributed by atoms with E-state index < -0.39 is 0 Å². The summed E-state index contributed by atoms with van der Waals surface area (Å²) in [6.45, 7) is 1.69. The van der Waals surface area contributed by atoms with Crippen LogP contribution in [0.5, 0.6) is 0 Å². The molecule has 0 saturated carbocycles. The molecule has 0 amide bonds. The highest BCUT2D eigenvalue weighted by Crippen LogP contribution is 2.27. The molecule has 2 nitrogen and oxygen atoms in total. The third-order valence-corrected chi connectivity index (χ3v) is 2.45. The topological polar surface area (TPSA) is 25.8 Å². The van der Waals surface area contributed by atoms with Gasteiger partial charge in [0.1, 0.15) is 11.5 Å². The van der Waals surface area contributed by atoms with Crippen molar-refractivity contribution in [2.75, 3.05) is 0 Å².